The number of nitrogens with one attached hydrogen (secondary N) is 1. The smallest absolute Gasteiger partial charge is 0.228 e. The van der Waals surface area contributed by atoms with Gasteiger partial charge < -0.3 is 19.6 Å². The summed E-state index contributed by atoms with van der Waals surface area (Å²) in [7, 11) is 0. The first kappa shape index (κ1) is 15.7. The van der Waals surface area contributed by atoms with E-state index >= 15 is 0 Å². The van der Waals surface area contributed by atoms with Gasteiger partial charge in [-0.05, 0) is 49.4 Å². The van der Waals surface area contributed by atoms with E-state index in [0.29, 0.717) is 12.1 Å². The summed E-state index contributed by atoms with van der Waals surface area (Å²) in [6.07, 6.45) is 4.56. The fourth-order valence-corrected chi connectivity index (χ4v) is 4.07. The molecule has 1 heterocycles. The van der Waals surface area contributed by atoms with Crippen molar-refractivity contribution in [3.8, 4) is 11.3 Å². The molecule has 5 nitrogen and oxygen atoms in total. The first-order valence-electron chi connectivity index (χ1n) is 8.40. The van der Waals surface area contributed by atoms with Crippen molar-refractivity contribution in [1.82, 2.24) is 0 Å². The van der Waals surface area contributed by atoms with E-state index < -0.39 is 17.8 Å². The lowest BCUT2D eigenvalue weighted by atomic mass is 9.82. The van der Waals surface area contributed by atoms with E-state index in [9.17, 15) is 14.7 Å². The second kappa shape index (κ2) is 5.92. The molecule has 1 aromatic carbocycles. The highest BCUT2D eigenvalue weighted by Gasteiger charge is 2.48. The van der Waals surface area contributed by atoms with Crippen LogP contribution in [-0.4, -0.2) is 11.9 Å². The van der Waals surface area contributed by atoms with Crippen LogP contribution in [0.2, 0.25) is 0 Å². The first-order chi connectivity index (χ1) is 12.0. The predicted molar refractivity (Wildman–Crippen MR) is 90.2 cm³/mol. The van der Waals surface area contributed by atoms with E-state index in [1.807, 2.05) is 49.4 Å². The maximum absolute atomic E-state index is 12.7. The molecule has 2 aliphatic carbocycles. The van der Waals surface area contributed by atoms with Crippen molar-refractivity contribution in [3.05, 3.63) is 54.3 Å². The van der Waals surface area contributed by atoms with Crippen LogP contribution in [0.5, 0.6) is 0 Å². The molecule has 0 unspecified atom stereocenters. The molecule has 0 radical (unpaired) electrons. The SMILES string of the molecule is Cc1ccc(-c2cccc(NC(=O)[C@H]3[C@@H](C(=O)[O-])[C@H]4C=C[C@@H]3C4)c2)o1. The molecule has 5 heteroatoms. The minimum Gasteiger partial charge on any atom is -0.550 e. The summed E-state index contributed by atoms with van der Waals surface area (Å²) >= 11 is 0. The number of furan rings is 1. The van der Waals surface area contributed by atoms with E-state index in [-0.39, 0.29) is 17.7 Å². The Kier molecular flexibility index (Phi) is 3.71. The maximum atomic E-state index is 12.7. The van der Waals surface area contributed by atoms with Gasteiger partial charge in [-0.1, -0.05) is 24.3 Å². The van der Waals surface area contributed by atoms with Crippen LogP contribution in [0.4, 0.5) is 5.69 Å². The Bertz CT molecular complexity index is 866. The van der Waals surface area contributed by atoms with Crippen LogP contribution in [0.3, 0.4) is 0 Å². The Morgan fingerprint density at radius 2 is 1.88 bits per heavy atom. The van der Waals surface area contributed by atoms with Crippen molar-refractivity contribution in [2.24, 2.45) is 23.7 Å². The average Bonchev–Trinajstić information content (AvgIpc) is 3.30. The van der Waals surface area contributed by atoms with Crippen molar-refractivity contribution in [2.75, 3.05) is 5.32 Å². The topological polar surface area (TPSA) is 82.4 Å². The highest BCUT2D eigenvalue weighted by molar-refractivity contribution is 5.96. The molecule has 128 valence electrons. The van der Waals surface area contributed by atoms with Crippen LogP contribution < -0.4 is 10.4 Å². The Morgan fingerprint density at radius 3 is 2.56 bits per heavy atom. The summed E-state index contributed by atoms with van der Waals surface area (Å²) in [4.78, 5) is 24.2. The Labute approximate surface area is 145 Å². The number of carboxylic acid groups (broad SMARTS) is 1. The third-order valence-corrected chi connectivity index (χ3v) is 5.19. The lowest BCUT2D eigenvalue weighted by Crippen LogP contribution is -2.42. The number of aryl methyl sites for hydroxylation is 1. The summed E-state index contributed by atoms with van der Waals surface area (Å²) in [5.41, 5.74) is 1.48. The van der Waals surface area contributed by atoms with E-state index in [0.717, 1.165) is 17.1 Å². The van der Waals surface area contributed by atoms with Crippen molar-refractivity contribution in [3.63, 3.8) is 0 Å². The lowest BCUT2D eigenvalue weighted by molar-refractivity contribution is -0.313. The zero-order chi connectivity index (χ0) is 17.6. The van der Waals surface area contributed by atoms with Gasteiger partial charge in [0, 0.05) is 23.1 Å². The van der Waals surface area contributed by atoms with Crippen LogP contribution in [0.25, 0.3) is 11.3 Å². The van der Waals surface area contributed by atoms with E-state index in [2.05, 4.69) is 5.32 Å². The van der Waals surface area contributed by atoms with Gasteiger partial charge in [-0.3, -0.25) is 4.79 Å². The number of fused-ring (bicyclic) bond motifs is 2. The van der Waals surface area contributed by atoms with Crippen molar-refractivity contribution in [2.45, 2.75) is 13.3 Å². The van der Waals surface area contributed by atoms with Crippen LogP contribution in [-0.2, 0) is 9.59 Å². The van der Waals surface area contributed by atoms with Crippen LogP contribution in [0.1, 0.15) is 12.2 Å². The van der Waals surface area contributed by atoms with Crippen LogP contribution in [0, 0.1) is 30.6 Å². The van der Waals surface area contributed by atoms with Gasteiger partial charge in [0.05, 0.1) is 5.92 Å². The van der Waals surface area contributed by atoms with Gasteiger partial charge in [-0.25, -0.2) is 0 Å². The fraction of sp³-hybridized carbons (Fsp3) is 0.300. The number of aliphatic carboxylic acids is 1. The molecule has 1 N–H and O–H groups in total. The standard InChI is InChI=1S/C20H19NO4/c1-11-5-8-16(25-11)12-3-2-4-15(10-12)21-19(22)17-13-6-7-14(9-13)18(17)20(23)24/h2-8,10,13-14,17-18H,9H2,1H3,(H,21,22)(H,23,24)/p-1/t13-,14+,17-,18+/m1/s1. The van der Waals surface area contributed by atoms with E-state index in [4.69, 9.17) is 4.42 Å². The summed E-state index contributed by atoms with van der Waals surface area (Å²) < 4.78 is 5.61. The quantitative estimate of drug-likeness (QED) is 0.869. The molecule has 1 aromatic heterocycles. The number of hydrogen-bond acceptors (Lipinski definition) is 4. The highest BCUT2D eigenvalue weighted by atomic mass is 16.4. The Balaban J connectivity index is 1.55. The van der Waals surface area contributed by atoms with Crippen LogP contribution >= 0.6 is 0 Å². The second-order valence-corrected chi connectivity index (χ2v) is 6.80. The van der Waals surface area contributed by atoms with E-state index in [1.54, 1.807) is 6.07 Å². The molecule has 2 bridgehead atoms. The Morgan fingerprint density at radius 1 is 1.12 bits per heavy atom. The summed E-state index contributed by atoms with van der Waals surface area (Å²) in [5, 5.41) is 14.3. The maximum Gasteiger partial charge on any atom is 0.228 e. The summed E-state index contributed by atoms with van der Waals surface area (Å²) in [6.45, 7) is 1.87. The number of carbonyl (C=O) groups excluding carboxylic acids is 2. The number of carboxylic acids is 1. The van der Waals surface area contributed by atoms with Crippen LogP contribution in [0.15, 0.2) is 53.0 Å². The van der Waals surface area contributed by atoms with Gasteiger partial charge in [0.2, 0.25) is 5.91 Å². The molecule has 1 fully saturated rings. The molecule has 0 spiro atoms. The lowest BCUT2D eigenvalue weighted by Gasteiger charge is -2.27. The van der Waals surface area contributed by atoms with Gasteiger partial charge in [0.25, 0.3) is 0 Å². The predicted octanol–water partition coefficient (Wildman–Crippen LogP) is 2.38. The minimum absolute atomic E-state index is 0.0243. The first-order valence-corrected chi connectivity index (χ1v) is 8.40. The Hall–Kier alpha value is -2.82. The number of rotatable bonds is 4. The average molecular weight is 336 g/mol. The largest absolute Gasteiger partial charge is 0.550 e. The van der Waals surface area contributed by atoms with Gasteiger partial charge in [-0.2, -0.15) is 0 Å². The second-order valence-electron chi connectivity index (χ2n) is 6.80. The van der Waals surface area contributed by atoms with Crippen molar-refractivity contribution >= 4 is 17.6 Å². The number of carbonyl (C=O) groups is 2. The monoisotopic (exact) mass is 336 g/mol. The molecule has 25 heavy (non-hydrogen) atoms. The molecule has 2 aromatic rings. The third kappa shape index (κ3) is 2.76. The molecule has 0 saturated heterocycles. The summed E-state index contributed by atoms with van der Waals surface area (Å²) in [6, 6.07) is 11.1. The number of amides is 1. The molecular weight excluding hydrogens is 318 g/mol. The molecule has 2 aliphatic rings. The van der Waals surface area contributed by atoms with Gasteiger partial charge in [0.1, 0.15) is 11.5 Å². The van der Waals surface area contributed by atoms with Gasteiger partial charge in [0.15, 0.2) is 0 Å². The molecule has 0 aliphatic heterocycles. The fourth-order valence-electron chi connectivity index (χ4n) is 4.07. The molecular formula is C20H18NO4-. The highest BCUT2D eigenvalue weighted by Crippen LogP contribution is 2.48. The van der Waals surface area contributed by atoms with Gasteiger partial charge in [-0.15, -0.1) is 0 Å². The minimum atomic E-state index is -1.14. The van der Waals surface area contributed by atoms with Gasteiger partial charge >= 0.3 is 0 Å². The number of benzene rings is 1. The van der Waals surface area contributed by atoms with Crippen molar-refractivity contribution < 1.29 is 19.1 Å². The van der Waals surface area contributed by atoms with E-state index in [1.165, 1.54) is 0 Å². The zero-order valence-electron chi connectivity index (χ0n) is 13.8. The third-order valence-electron chi connectivity index (χ3n) is 5.19. The molecule has 1 amide bonds. The number of anilines is 1. The summed E-state index contributed by atoms with van der Waals surface area (Å²) in [5.74, 6) is -1.30. The zero-order valence-corrected chi connectivity index (χ0v) is 13.8. The van der Waals surface area contributed by atoms with Crippen molar-refractivity contribution in [1.29, 1.82) is 0 Å². The number of allylic oxidation sites excluding steroid dienone is 2. The molecule has 4 rings (SSSR count). The molecule has 1 saturated carbocycles. The number of hydrogen-bond donors (Lipinski definition) is 1. The normalized spacial score (nSPS) is 26.8. The molecule has 4 atom stereocenters.